The predicted octanol–water partition coefficient (Wildman–Crippen LogP) is 3.50. The van der Waals surface area contributed by atoms with Gasteiger partial charge in [-0.25, -0.2) is 13.4 Å². The molecule has 168 valence electrons. The van der Waals surface area contributed by atoms with Crippen LogP contribution in [0.1, 0.15) is 43.9 Å². The van der Waals surface area contributed by atoms with Crippen LogP contribution in [-0.2, 0) is 14.8 Å². The Balaban J connectivity index is 1.28. The summed E-state index contributed by atoms with van der Waals surface area (Å²) in [5.74, 6) is 1.17. The molecule has 1 aliphatic carbocycles. The first kappa shape index (κ1) is 21.2. The molecular weight excluding hydrogens is 450 g/mol. The van der Waals surface area contributed by atoms with Crippen LogP contribution in [0.4, 0.5) is 5.82 Å². The van der Waals surface area contributed by atoms with E-state index >= 15 is 0 Å². The summed E-state index contributed by atoms with van der Waals surface area (Å²) < 4.78 is 33.5. The zero-order chi connectivity index (χ0) is 22.1. The van der Waals surface area contributed by atoms with Crippen LogP contribution in [0.2, 0.25) is 0 Å². The molecule has 11 heteroatoms. The third-order valence-corrected chi connectivity index (χ3v) is 9.28. The summed E-state index contributed by atoms with van der Waals surface area (Å²) >= 11 is 1.13. The Hall–Kier alpha value is -2.63. The lowest BCUT2D eigenvalue weighted by atomic mass is 9.85. The molecule has 3 aromatic heterocycles. The normalized spacial score (nSPS) is 20.1. The van der Waals surface area contributed by atoms with Crippen LogP contribution in [0.5, 0.6) is 0 Å². The van der Waals surface area contributed by atoms with Gasteiger partial charge in [0.1, 0.15) is 10.0 Å². The molecule has 3 aromatic rings. The van der Waals surface area contributed by atoms with Gasteiger partial charge in [-0.05, 0) is 43.9 Å². The smallest absolute Gasteiger partial charge is 0.252 e. The molecule has 1 aliphatic heterocycles. The second kappa shape index (κ2) is 8.72. The molecule has 1 saturated carbocycles. The molecule has 0 unspecified atom stereocenters. The van der Waals surface area contributed by atoms with Crippen molar-refractivity contribution in [2.45, 2.75) is 42.2 Å². The van der Waals surface area contributed by atoms with Gasteiger partial charge in [0.25, 0.3) is 10.0 Å². The fourth-order valence-corrected chi connectivity index (χ4v) is 6.74. The standard InChI is InChI=1S/C21H23N5O4S2/c27-20(23-17-8-1-2-9-22-17)15-7-4-10-26(12-15)32(28,29)18-11-16(13-31-18)19-24-21(30-25-19)14-5-3-6-14/h1-2,8-9,11,13-15H,3-7,10,12H2,(H,22,23,27)/t15-/m1/s1. The maximum absolute atomic E-state index is 13.3. The quantitative estimate of drug-likeness (QED) is 0.582. The first-order valence-corrected chi connectivity index (χ1v) is 13.0. The lowest BCUT2D eigenvalue weighted by Gasteiger charge is -2.30. The first-order chi connectivity index (χ1) is 15.5. The molecule has 0 aromatic carbocycles. The number of sulfonamides is 1. The van der Waals surface area contributed by atoms with Gasteiger partial charge >= 0.3 is 0 Å². The SMILES string of the molecule is O=C(Nc1ccccn1)[C@@H]1CCCN(S(=O)(=O)c2cc(-c3noc(C4CCC4)n3)cs2)C1. The zero-order valence-electron chi connectivity index (χ0n) is 17.3. The molecule has 1 N–H and O–H groups in total. The van der Waals surface area contributed by atoms with Gasteiger partial charge in [-0.2, -0.15) is 9.29 Å². The molecule has 4 heterocycles. The second-order valence-electron chi connectivity index (χ2n) is 8.14. The number of aromatic nitrogens is 3. The molecule has 1 atom stereocenters. The number of pyridine rings is 1. The Kier molecular flexibility index (Phi) is 5.78. The van der Waals surface area contributed by atoms with E-state index in [1.54, 1.807) is 35.8 Å². The number of hydrogen-bond donors (Lipinski definition) is 1. The highest BCUT2D eigenvalue weighted by molar-refractivity contribution is 7.91. The average Bonchev–Trinajstić information content (AvgIpc) is 3.44. The minimum atomic E-state index is -3.72. The first-order valence-electron chi connectivity index (χ1n) is 10.7. The third kappa shape index (κ3) is 4.19. The van der Waals surface area contributed by atoms with Crippen molar-refractivity contribution in [2.75, 3.05) is 18.4 Å². The van der Waals surface area contributed by atoms with E-state index in [1.165, 1.54) is 10.7 Å². The van der Waals surface area contributed by atoms with Crippen molar-refractivity contribution in [3.63, 3.8) is 0 Å². The maximum atomic E-state index is 13.3. The number of rotatable bonds is 6. The minimum absolute atomic E-state index is 0.141. The summed E-state index contributed by atoms with van der Waals surface area (Å²) in [7, 11) is -3.72. The molecule has 32 heavy (non-hydrogen) atoms. The lowest BCUT2D eigenvalue weighted by Crippen LogP contribution is -2.43. The lowest BCUT2D eigenvalue weighted by molar-refractivity contribution is -0.120. The van der Waals surface area contributed by atoms with Gasteiger partial charge in [-0.1, -0.05) is 17.6 Å². The number of amides is 1. The number of piperidine rings is 1. The van der Waals surface area contributed by atoms with Gasteiger partial charge in [0.15, 0.2) is 0 Å². The minimum Gasteiger partial charge on any atom is -0.339 e. The summed E-state index contributed by atoms with van der Waals surface area (Å²) in [6.45, 7) is 0.527. The predicted molar refractivity (Wildman–Crippen MR) is 119 cm³/mol. The highest BCUT2D eigenvalue weighted by atomic mass is 32.2. The van der Waals surface area contributed by atoms with Crippen molar-refractivity contribution in [1.82, 2.24) is 19.4 Å². The van der Waals surface area contributed by atoms with Crippen molar-refractivity contribution in [3.05, 3.63) is 41.7 Å². The Morgan fingerprint density at radius 1 is 1.22 bits per heavy atom. The van der Waals surface area contributed by atoms with E-state index in [0.29, 0.717) is 48.4 Å². The Morgan fingerprint density at radius 2 is 2.09 bits per heavy atom. The largest absolute Gasteiger partial charge is 0.339 e. The monoisotopic (exact) mass is 473 g/mol. The molecule has 2 fully saturated rings. The topological polar surface area (TPSA) is 118 Å². The van der Waals surface area contributed by atoms with Crippen LogP contribution in [0.25, 0.3) is 11.4 Å². The number of hydrogen-bond acceptors (Lipinski definition) is 8. The number of carbonyl (C=O) groups excluding carboxylic acids is 1. The Bertz CT molecular complexity index is 1200. The highest BCUT2D eigenvalue weighted by Gasteiger charge is 2.34. The van der Waals surface area contributed by atoms with Crippen LogP contribution in [-0.4, -0.2) is 46.8 Å². The van der Waals surface area contributed by atoms with E-state index in [-0.39, 0.29) is 16.7 Å². The number of anilines is 1. The molecule has 0 bridgehead atoms. The van der Waals surface area contributed by atoms with Gasteiger partial charge in [-0.15, -0.1) is 11.3 Å². The summed E-state index contributed by atoms with van der Waals surface area (Å²) in [5, 5.41) is 8.53. The van der Waals surface area contributed by atoms with E-state index in [2.05, 4.69) is 20.4 Å². The Labute approximate surface area is 189 Å². The van der Waals surface area contributed by atoms with Crippen molar-refractivity contribution >= 4 is 33.1 Å². The number of nitrogens with one attached hydrogen (secondary N) is 1. The van der Waals surface area contributed by atoms with E-state index in [4.69, 9.17) is 4.52 Å². The molecule has 2 aliphatic rings. The fourth-order valence-electron chi connectivity index (χ4n) is 3.91. The molecule has 0 radical (unpaired) electrons. The van der Waals surface area contributed by atoms with Gasteiger partial charge in [0, 0.05) is 36.1 Å². The second-order valence-corrected chi connectivity index (χ2v) is 11.2. The number of nitrogens with zero attached hydrogens (tertiary/aromatic N) is 4. The molecule has 5 rings (SSSR count). The van der Waals surface area contributed by atoms with Crippen LogP contribution < -0.4 is 5.32 Å². The van der Waals surface area contributed by atoms with Crippen LogP contribution >= 0.6 is 11.3 Å². The van der Waals surface area contributed by atoms with Crippen molar-refractivity contribution in [2.24, 2.45) is 5.92 Å². The van der Waals surface area contributed by atoms with Crippen LogP contribution in [0.3, 0.4) is 0 Å². The average molecular weight is 474 g/mol. The molecule has 9 nitrogen and oxygen atoms in total. The van der Waals surface area contributed by atoms with Gasteiger partial charge in [0.05, 0.1) is 5.92 Å². The molecule has 1 saturated heterocycles. The molecule has 1 amide bonds. The van der Waals surface area contributed by atoms with Crippen molar-refractivity contribution in [1.29, 1.82) is 0 Å². The van der Waals surface area contributed by atoms with Crippen molar-refractivity contribution in [3.8, 4) is 11.4 Å². The third-order valence-electron chi connectivity index (χ3n) is 5.99. The highest BCUT2D eigenvalue weighted by Crippen LogP contribution is 2.37. The van der Waals surface area contributed by atoms with E-state index < -0.39 is 15.9 Å². The fraction of sp³-hybridized carbons (Fsp3) is 0.429. The summed E-state index contributed by atoms with van der Waals surface area (Å²) in [6.07, 6.45) is 6.12. The van der Waals surface area contributed by atoms with Crippen LogP contribution in [0.15, 0.2) is 44.6 Å². The number of thiophene rings is 1. The van der Waals surface area contributed by atoms with Gasteiger partial charge < -0.3 is 9.84 Å². The Morgan fingerprint density at radius 3 is 2.84 bits per heavy atom. The summed E-state index contributed by atoms with van der Waals surface area (Å²) in [6, 6.07) is 6.85. The van der Waals surface area contributed by atoms with Gasteiger partial charge in [0.2, 0.25) is 17.6 Å². The van der Waals surface area contributed by atoms with Crippen LogP contribution in [0, 0.1) is 5.92 Å². The summed E-state index contributed by atoms with van der Waals surface area (Å²) in [5.41, 5.74) is 0.629. The zero-order valence-corrected chi connectivity index (χ0v) is 18.9. The molecular formula is C21H23N5O4S2. The maximum Gasteiger partial charge on any atom is 0.252 e. The van der Waals surface area contributed by atoms with Crippen molar-refractivity contribution < 1.29 is 17.7 Å². The molecule has 0 spiro atoms. The van der Waals surface area contributed by atoms with E-state index in [9.17, 15) is 13.2 Å². The van der Waals surface area contributed by atoms with E-state index in [1.807, 2.05) is 0 Å². The summed E-state index contributed by atoms with van der Waals surface area (Å²) in [4.78, 5) is 21.2. The number of carbonyl (C=O) groups is 1. The van der Waals surface area contributed by atoms with Gasteiger partial charge in [-0.3, -0.25) is 4.79 Å². The van der Waals surface area contributed by atoms with E-state index in [0.717, 1.165) is 24.2 Å².